The van der Waals surface area contributed by atoms with Crippen LogP contribution in [0.5, 0.6) is 5.75 Å². The van der Waals surface area contributed by atoms with E-state index in [9.17, 15) is 14.7 Å². The van der Waals surface area contributed by atoms with Crippen molar-refractivity contribution in [3.63, 3.8) is 0 Å². The second kappa shape index (κ2) is 10.4. The van der Waals surface area contributed by atoms with E-state index in [1.165, 1.54) is 6.42 Å². The van der Waals surface area contributed by atoms with E-state index >= 15 is 0 Å². The van der Waals surface area contributed by atoms with Gasteiger partial charge in [0.1, 0.15) is 12.4 Å². The lowest BCUT2D eigenvalue weighted by Gasteiger charge is -2.36. The number of carboxylic acids is 1. The predicted molar refractivity (Wildman–Crippen MR) is 125 cm³/mol. The van der Waals surface area contributed by atoms with Gasteiger partial charge in [-0.2, -0.15) is 5.10 Å². The van der Waals surface area contributed by atoms with Gasteiger partial charge in [-0.1, -0.05) is 6.42 Å². The van der Waals surface area contributed by atoms with E-state index in [1.54, 1.807) is 29.0 Å². The van der Waals surface area contributed by atoms with Crippen LogP contribution in [-0.4, -0.2) is 56.0 Å². The number of aromatic nitrogens is 3. The van der Waals surface area contributed by atoms with Gasteiger partial charge in [0.25, 0.3) is 0 Å². The van der Waals surface area contributed by atoms with Gasteiger partial charge in [0.2, 0.25) is 0 Å². The van der Waals surface area contributed by atoms with Crippen molar-refractivity contribution in [2.75, 3.05) is 7.05 Å². The van der Waals surface area contributed by atoms with E-state index in [0.717, 1.165) is 36.9 Å². The molecule has 1 amide bonds. The Hall–Kier alpha value is -3.10. The Morgan fingerprint density at radius 1 is 1.21 bits per heavy atom. The topological polar surface area (TPSA) is 107 Å². The second-order valence-corrected chi connectivity index (χ2v) is 9.55. The van der Waals surface area contributed by atoms with E-state index < -0.39 is 5.97 Å². The first-order chi connectivity index (χ1) is 16.3. The minimum atomic E-state index is -0.754. The fourth-order valence-corrected chi connectivity index (χ4v) is 4.76. The zero-order valence-corrected chi connectivity index (χ0v) is 20.1. The van der Waals surface area contributed by atoms with Gasteiger partial charge in [0, 0.05) is 25.7 Å². The lowest BCUT2D eigenvalue weighted by atomic mass is 9.80. The Labute approximate surface area is 200 Å². The molecule has 1 N–H and O–H groups in total. The highest BCUT2D eigenvalue weighted by atomic mass is 16.6. The molecule has 4 rings (SSSR count). The fraction of sp³-hybridized carbons (Fsp3) is 0.600. The molecule has 2 aliphatic rings. The van der Waals surface area contributed by atoms with E-state index in [0.29, 0.717) is 30.2 Å². The average molecular weight is 471 g/mol. The molecule has 0 aromatic carbocycles. The van der Waals surface area contributed by atoms with Crippen LogP contribution in [0.2, 0.25) is 0 Å². The van der Waals surface area contributed by atoms with Crippen LogP contribution < -0.4 is 4.74 Å². The number of carbonyl (C=O) groups is 2. The van der Waals surface area contributed by atoms with Crippen LogP contribution in [0.15, 0.2) is 24.5 Å². The number of pyridine rings is 1. The lowest BCUT2D eigenvalue weighted by molar-refractivity contribution is -0.143. The number of rotatable bonds is 8. The smallest absolute Gasteiger partial charge is 0.410 e. The second-order valence-electron chi connectivity index (χ2n) is 9.55. The van der Waals surface area contributed by atoms with Gasteiger partial charge in [-0.05, 0) is 63.5 Å². The number of ether oxygens (including phenoxy) is 2. The largest absolute Gasteiger partial charge is 0.489 e. The van der Waals surface area contributed by atoms with Gasteiger partial charge in [-0.25, -0.2) is 4.79 Å². The molecule has 9 heteroatoms. The maximum absolute atomic E-state index is 12.6. The van der Waals surface area contributed by atoms with Crippen molar-refractivity contribution in [1.82, 2.24) is 19.7 Å². The Bertz CT molecular complexity index is 1000. The van der Waals surface area contributed by atoms with E-state index in [-0.39, 0.29) is 30.8 Å². The summed E-state index contributed by atoms with van der Waals surface area (Å²) in [6, 6.07) is 3.85. The van der Waals surface area contributed by atoms with Gasteiger partial charge in [0.05, 0.1) is 35.8 Å². The van der Waals surface area contributed by atoms with Crippen molar-refractivity contribution in [2.24, 2.45) is 18.9 Å². The third-order valence-corrected chi connectivity index (χ3v) is 7.42. The van der Waals surface area contributed by atoms with Gasteiger partial charge in [-0.3, -0.25) is 14.5 Å². The zero-order chi connectivity index (χ0) is 24.2. The average Bonchev–Trinajstić information content (AvgIpc) is 3.16. The van der Waals surface area contributed by atoms with Crippen LogP contribution in [0.3, 0.4) is 0 Å². The summed E-state index contributed by atoms with van der Waals surface area (Å²) in [6.45, 7) is 2.17. The molecule has 3 atom stereocenters. The molecule has 2 aromatic heterocycles. The molecule has 0 spiro atoms. The molecule has 9 nitrogen and oxygen atoms in total. The summed E-state index contributed by atoms with van der Waals surface area (Å²) in [5, 5.41) is 13.6. The molecular formula is C25H34N4O5. The molecule has 0 saturated heterocycles. The molecule has 0 bridgehead atoms. The molecule has 0 unspecified atom stereocenters. The van der Waals surface area contributed by atoms with Gasteiger partial charge in [0.15, 0.2) is 0 Å². The number of aryl methyl sites for hydroxylation is 1. The summed E-state index contributed by atoms with van der Waals surface area (Å²) >= 11 is 0. The standard InChI is InChI=1S/C25H34N4O5/c1-16(17-6-4-7-17)28(2)25(32)33-15-23-21(14-27-29(23)3)22-11-10-20(13-26-22)34-19-9-5-8-18(12-19)24(30)31/h10-11,13-14,16-19H,4-9,12,15H2,1-3H3,(H,30,31)/t16-,18+,19+/m1/s1. The molecule has 2 aliphatic carbocycles. The SMILES string of the molecule is C[C@H](C1CCC1)N(C)C(=O)OCc1c(-c2ccc(O[C@H]3CCC[C@H](C(=O)O)C3)cn2)cnn1C. The summed E-state index contributed by atoms with van der Waals surface area (Å²) in [6.07, 6.45) is 9.38. The first-order valence-corrected chi connectivity index (χ1v) is 12.1. The van der Waals surface area contributed by atoms with Crippen molar-refractivity contribution < 1.29 is 24.2 Å². The maximum atomic E-state index is 12.6. The zero-order valence-electron chi connectivity index (χ0n) is 20.1. The maximum Gasteiger partial charge on any atom is 0.410 e. The van der Waals surface area contributed by atoms with Crippen LogP contribution >= 0.6 is 0 Å². The number of amides is 1. The Morgan fingerprint density at radius 3 is 2.62 bits per heavy atom. The molecule has 2 saturated carbocycles. The van der Waals surface area contributed by atoms with E-state index in [1.807, 2.05) is 19.2 Å². The predicted octanol–water partition coefficient (Wildman–Crippen LogP) is 4.26. The van der Waals surface area contributed by atoms with Crippen LogP contribution in [0.1, 0.15) is 57.6 Å². The normalized spacial score (nSPS) is 21.4. The Morgan fingerprint density at radius 2 is 1.97 bits per heavy atom. The molecule has 2 fully saturated rings. The number of carboxylic acid groups (broad SMARTS) is 1. The van der Waals surface area contributed by atoms with Crippen molar-refractivity contribution in [1.29, 1.82) is 0 Å². The van der Waals surface area contributed by atoms with E-state index in [4.69, 9.17) is 9.47 Å². The number of carbonyl (C=O) groups excluding carboxylic acids is 1. The highest BCUT2D eigenvalue weighted by Gasteiger charge is 2.30. The van der Waals surface area contributed by atoms with Crippen LogP contribution in [0.25, 0.3) is 11.3 Å². The number of hydrogen-bond donors (Lipinski definition) is 1. The molecule has 2 heterocycles. The van der Waals surface area contributed by atoms with E-state index in [2.05, 4.69) is 17.0 Å². The monoisotopic (exact) mass is 470 g/mol. The Kier molecular flexibility index (Phi) is 7.38. The molecule has 34 heavy (non-hydrogen) atoms. The van der Waals surface area contributed by atoms with Crippen LogP contribution in [0, 0.1) is 11.8 Å². The van der Waals surface area contributed by atoms with Crippen molar-refractivity contribution in [3.05, 3.63) is 30.2 Å². The summed E-state index contributed by atoms with van der Waals surface area (Å²) in [5.74, 6) is 0.0688. The van der Waals surface area contributed by atoms with Crippen LogP contribution in [-0.2, 0) is 23.2 Å². The quantitative estimate of drug-likeness (QED) is 0.614. The summed E-state index contributed by atoms with van der Waals surface area (Å²) < 4.78 is 13.3. The van der Waals surface area contributed by atoms with Crippen molar-refractivity contribution in [3.8, 4) is 17.0 Å². The summed E-state index contributed by atoms with van der Waals surface area (Å²) in [4.78, 5) is 30.1. The lowest BCUT2D eigenvalue weighted by Crippen LogP contribution is -2.42. The Balaban J connectivity index is 1.37. The number of aliphatic carboxylic acids is 1. The van der Waals surface area contributed by atoms with Gasteiger partial charge < -0.3 is 19.5 Å². The third-order valence-electron chi connectivity index (χ3n) is 7.42. The first kappa shape index (κ1) is 24.0. The van der Waals surface area contributed by atoms with Crippen molar-refractivity contribution >= 4 is 12.1 Å². The van der Waals surface area contributed by atoms with Gasteiger partial charge >= 0.3 is 12.1 Å². The highest BCUT2D eigenvalue weighted by Crippen LogP contribution is 2.32. The van der Waals surface area contributed by atoms with Gasteiger partial charge in [-0.15, -0.1) is 0 Å². The minimum Gasteiger partial charge on any atom is -0.489 e. The molecule has 0 radical (unpaired) electrons. The third kappa shape index (κ3) is 5.34. The number of hydrogen-bond acceptors (Lipinski definition) is 6. The molecule has 184 valence electrons. The molecular weight excluding hydrogens is 436 g/mol. The summed E-state index contributed by atoms with van der Waals surface area (Å²) in [7, 11) is 3.60. The number of nitrogens with zero attached hydrogens (tertiary/aromatic N) is 4. The molecule has 2 aromatic rings. The fourth-order valence-electron chi connectivity index (χ4n) is 4.76. The van der Waals surface area contributed by atoms with Crippen LogP contribution in [0.4, 0.5) is 4.79 Å². The highest BCUT2D eigenvalue weighted by molar-refractivity contribution is 5.70. The van der Waals surface area contributed by atoms with Crippen molar-refractivity contribution in [2.45, 2.75) is 70.6 Å². The first-order valence-electron chi connectivity index (χ1n) is 12.1. The summed E-state index contributed by atoms with van der Waals surface area (Å²) in [5.41, 5.74) is 2.26. The molecule has 0 aliphatic heterocycles. The minimum absolute atomic E-state index is 0.102.